The lowest BCUT2D eigenvalue weighted by Crippen LogP contribution is -2.54. The number of aromatic nitrogens is 4. The molecule has 2 aromatic heterocycles. The Hall–Kier alpha value is -3.95. The normalized spacial score (nSPS) is 21.5. The highest BCUT2D eigenvalue weighted by Gasteiger charge is 2.31. The van der Waals surface area contributed by atoms with Gasteiger partial charge in [0, 0.05) is 30.4 Å². The van der Waals surface area contributed by atoms with E-state index in [2.05, 4.69) is 44.7 Å². The standard InChI is InChI=1S/C27H32N8O2/c1-16-22(32-27(37)19-8-6-18(7-9-19)17-4-5-17)3-2-12-34(16)23-14-29-24(25(28)36)26(33-23)31-20-13-30-35(15-20)21-10-11-21/h6-9,13-17,21-22H,2-5,10-12H2,1H3,(H2,28,36)(H,31,33)(H,32,37)/t16-,22-/m1/s1. The molecule has 37 heavy (non-hydrogen) atoms. The van der Waals surface area contributed by atoms with Gasteiger partial charge >= 0.3 is 0 Å². The Bertz CT molecular complexity index is 1310. The Balaban J connectivity index is 1.18. The van der Waals surface area contributed by atoms with Crippen LogP contribution in [0.2, 0.25) is 0 Å². The van der Waals surface area contributed by atoms with Crippen LogP contribution in [0.15, 0.2) is 42.9 Å². The summed E-state index contributed by atoms with van der Waals surface area (Å²) in [6.45, 7) is 2.85. The van der Waals surface area contributed by atoms with Gasteiger partial charge in [0.25, 0.3) is 11.8 Å². The van der Waals surface area contributed by atoms with Crippen LogP contribution in [0.25, 0.3) is 0 Å². The van der Waals surface area contributed by atoms with Gasteiger partial charge in [-0.2, -0.15) is 5.10 Å². The second-order valence-corrected chi connectivity index (χ2v) is 10.4. The minimum Gasteiger partial charge on any atom is -0.364 e. The van der Waals surface area contributed by atoms with Gasteiger partial charge in [0.15, 0.2) is 11.5 Å². The molecule has 2 atom stereocenters. The number of carbonyl (C=O) groups excluding carboxylic acids is 2. The fraction of sp³-hybridized carbons (Fsp3) is 0.444. The first-order valence-corrected chi connectivity index (χ1v) is 13.1. The molecule has 0 radical (unpaired) electrons. The zero-order valence-corrected chi connectivity index (χ0v) is 20.9. The van der Waals surface area contributed by atoms with Crippen LogP contribution in [0.3, 0.4) is 0 Å². The third-order valence-electron chi connectivity index (χ3n) is 7.60. The van der Waals surface area contributed by atoms with Crippen molar-refractivity contribution in [1.82, 2.24) is 25.1 Å². The average molecular weight is 501 g/mol. The summed E-state index contributed by atoms with van der Waals surface area (Å²) in [6, 6.07) is 8.38. The number of nitrogens with zero attached hydrogens (tertiary/aromatic N) is 5. The molecule has 0 unspecified atom stereocenters. The van der Waals surface area contributed by atoms with Gasteiger partial charge in [0.05, 0.1) is 24.1 Å². The highest BCUT2D eigenvalue weighted by atomic mass is 16.2. The van der Waals surface area contributed by atoms with Crippen molar-refractivity contribution in [3.8, 4) is 0 Å². The summed E-state index contributed by atoms with van der Waals surface area (Å²) >= 11 is 0. The Morgan fingerprint density at radius 1 is 1.05 bits per heavy atom. The molecule has 0 bridgehead atoms. The maximum atomic E-state index is 13.0. The van der Waals surface area contributed by atoms with E-state index in [9.17, 15) is 9.59 Å². The first kappa shape index (κ1) is 23.4. The molecule has 6 rings (SSSR count). The van der Waals surface area contributed by atoms with Crippen LogP contribution < -0.4 is 21.3 Å². The Labute approximate surface area is 215 Å². The maximum absolute atomic E-state index is 13.0. The molecule has 4 N–H and O–H groups in total. The molecule has 10 nitrogen and oxygen atoms in total. The first-order chi connectivity index (χ1) is 18.0. The minimum absolute atomic E-state index is 0.0115. The van der Waals surface area contributed by atoms with E-state index in [-0.39, 0.29) is 23.7 Å². The highest BCUT2D eigenvalue weighted by molar-refractivity contribution is 5.96. The van der Waals surface area contributed by atoms with E-state index >= 15 is 0 Å². The van der Waals surface area contributed by atoms with Gasteiger partial charge in [-0.25, -0.2) is 9.97 Å². The van der Waals surface area contributed by atoms with Crippen molar-refractivity contribution < 1.29 is 9.59 Å². The monoisotopic (exact) mass is 500 g/mol. The average Bonchev–Trinajstić information content (AvgIpc) is 3.84. The molecule has 1 aromatic carbocycles. The summed E-state index contributed by atoms with van der Waals surface area (Å²) in [5.74, 6) is 0.878. The van der Waals surface area contributed by atoms with Gasteiger partial charge < -0.3 is 21.3 Å². The fourth-order valence-electron chi connectivity index (χ4n) is 5.10. The number of hydrogen-bond donors (Lipinski definition) is 3. The lowest BCUT2D eigenvalue weighted by Gasteiger charge is -2.40. The van der Waals surface area contributed by atoms with E-state index in [1.54, 1.807) is 12.4 Å². The van der Waals surface area contributed by atoms with Gasteiger partial charge in [-0.3, -0.25) is 14.3 Å². The molecule has 2 aliphatic carbocycles. The maximum Gasteiger partial charge on any atom is 0.271 e. The Morgan fingerprint density at radius 2 is 1.84 bits per heavy atom. The molecule has 0 spiro atoms. The van der Waals surface area contributed by atoms with Crippen LogP contribution in [0, 0.1) is 0 Å². The zero-order valence-electron chi connectivity index (χ0n) is 20.9. The minimum atomic E-state index is -0.652. The van der Waals surface area contributed by atoms with Crippen LogP contribution in [-0.2, 0) is 0 Å². The van der Waals surface area contributed by atoms with E-state index in [0.717, 1.165) is 37.9 Å². The molecule has 3 aromatic rings. The largest absolute Gasteiger partial charge is 0.364 e. The van der Waals surface area contributed by atoms with Gasteiger partial charge in [-0.1, -0.05) is 12.1 Å². The third kappa shape index (κ3) is 5.00. The van der Waals surface area contributed by atoms with E-state index in [0.29, 0.717) is 29.2 Å². The number of carbonyl (C=O) groups is 2. The second-order valence-electron chi connectivity index (χ2n) is 10.4. The van der Waals surface area contributed by atoms with Crippen LogP contribution in [-0.4, -0.2) is 50.2 Å². The van der Waals surface area contributed by atoms with Crippen molar-refractivity contribution in [3.63, 3.8) is 0 Å². The number of primary amides is 1. The summed E-state index contributed by atoms with van der Waals surface area (Å²) in [5, 5.41) is 10.8. The molecule has 1 aliphatic heterocycles. The van der Waals surface area contributed by atoms with E-state index in [1.165, 1.54) is 18.4 Å². The summed E-state index contributed by atoms with van der Waals surface area (Å²) in [4.78, 5) is 36.3. The van der Waals surface area contributed by atoms with Crippen molar-refractivity contribution in [2.24, 2.45) is 5.73 Å². The molecule has 2 amide bonds. The molecule has 3 aliphatic rings. The Morgan fingerprint density at radius 3 is 2.54 bits per heavy atom. The number of piperidine rings is 1. The van der Waals surface area contributed by atoms with Crippen molar-refractivity contribution >= 4 is 29.1 Å². The topological polar surface area (TPSA) is 131 Å². The molecular weight excluding hydrogens is 468 g/mol. The van der Waals surface area contributed by atoms with Crippen LogP contribution in [0.1, 0.15) is 83.8 Å². The molecule has 3 fully saturated rings. The van der Waals surface area contributed by atoms with Gasteiger partial charge in [0.1, 0.15) is 5.82 Å². The number of amides is 2. The predicted molar refractivity (Wildman–Crippen MR) is 140 cm³/mol. The molecule has 10 heteroatoms. The predicted octanol–water partition coefficient (Wildman–Crippen LogP) is 3.52. The summed E-state index contributed by atoms with van der Waals surface area (Å²) in [5.41, 5.74) is 8.38. The molecule has 3 heterocycles. The van der Waals surface area contributed by atoms with Crippen molar-refractivity contribution in [3.05, 3.63) is 59.7 Å². The summed E-state index contributed by atoms with van der Waals surface area (Å²) in [6.07, 6.45) is 11.7. The highest BCUT2D eigenvalue weighted by Crippen LogP contribution is 2.40. The van der Waals surface area contributed by atoms with Gasteiger partial charge in [-0.05, 0) is 69.1 Å². The lowest BCUT2D eigenvalue weighted by molar-refractivity contribution is 0.0923. The first-order valence-electron chi connectivity index (χ1n) is 13.1. The quantitative estimate of drug-likeness (QED) is 0.431. The van der Waals surface area contributed by atoms with Crippen molar-refractivity contribution in [2.75, 3.05) is 16.8 Å². The SMILES string of the molecule is C[C@@H]1[C@H](NC(=O)c2ccc(C3CC3)cc2)CCCN1c1cnc(C(N)=O)c(Nc2cnn(C3CC3)c2)n1. The number of rotatable bonds is 8. The number of benzene rings is 1. The van der Waals surface area contributed by atoms with Gasteiger partial charge in [0.2, 0.25) is 0 Å². The molecular formula is C27H32N8O2. The van der Waals surface area contributed by atoms with E-state index in [1.807, 2.05) is 23.0 Å². The number of nitrogens with two attached hydrogens (primary N) is 1. The summed E-state index contributed by atoms with van der Waals surface area (Å²) in [7, 11) is 0. The van der Waals surface area contributed by atoms with E-state index < -0.39 is 5.91 Å². The number of anilines is 3. The number of nitrogens with one attached hydrogen (secondary N) is 2. The smallest absolute Gasteiger partial charge is 0.271 e. The third-order valence-corrected chi connectivity index (χ3v) is 7.60. The van der Waals surface area contributed by atoms with Crippen molar-refractivity contribution in [1.29, 1.82) is 0 Å². The van der Waals surface area contributed by atoms with Crippen LogP contribution in [0.5, 0.6) is 0 Å². The zero-order chi connectivity index (χ0) is 25.5. The molecule has 192 valence electrons. The second kappa shape index (κ2) is 9.49. The lowest BCUT2D eigenvalue weighted by atomic mass is 9.97. The molecule has 2 saturated carbocycles. The Kier molecular flexibility index (Phi) is 6.02. The molecule has 1 saturated heterocycles. The fourth-order valence-corrected chi connectivity index (χ4v) is 5.10. The van der Waals surface area contributed by atoms with Crippen molar-refractivity contribution in [2.45, 2.75) is 69.5 Å². The van der Waals surface area contributed by atoms with Crippen LogP contribution in [0.4, 0.5) is 17.3 Å². The van der Waals surface area contributed by atoms with Crippen LogP contribution >= 0.6 is 0 Å². The van der Waals surface area contributed by atoms with E-state index in [4.69, 9.17) is 10.7 Å². The number of hydrogen-bond acceptors (Lipinski definition) is 7. The summed E-state index contributed by atoms with van der Waals surface area (Å²) < 4.78 is 1.92. The van der Waals surface area contributed by atoms with Gasteiger partial charge in [-0.15, -0.1) is 0 Å².